The molecule has 0 unspecified atom stereocenters. The minimum atomic E-state index is -4.07. The second kappa shape index (κ2) is 6.78. The monoisotopic (exact) mass is 392 g/mol. The molecule has 0 bridgehead atoms. The zero-order chi connectivity index (χ0) is 19.8. The Balaban J connectivity index is 1.94. The van der Waals surface area contributed by atoms with Crippen molar-refractivity contribution in [2.75, 3.05) is 0 Å². The van der Waals surface area contributed by atoms with Crippen LogP contribution in [-0.2, 0) is 16.6 Å². The Hall–Kier alpha value is -3.31. The van der Waals surface area contributed by atoms with Crippen molar-refractivity contribution in [2.24, 2.45) is 5.14 Å². The van der Waals surface area contributed by atoms with Gasteiger partial charge < -0.3 is 10.4 Å². The first-order chi connectivity index (χ1) is 12.7. The van der Waals surface area contributed by atoms with Crippen LogP contribution in [0.15, 0.2) is 52.3 Å². The molecule has 9 nitrogen and oxygen atoms in total. The van der Waals surface area contributed by atoms with E-state index in [9.17, 15) is 27.5 Å². The molecule has 2 aromatic heterocycles. The predicted molar refractivity (Wildman–Crippen MR) is 92.1 cm³/mol. The van der Waals surface area contributed by atoms with E-state index >= 15 is 0 Å². The van der Waals surface area contributed by atoms with Gasteiger partial charge in [0.15, 0.2) is 5.69 Å². The van der Waals surface area contributed by atoms with Crippen LogP contribution in [0.5, 0.6) is 5.75 Å². The van der Waals surface area contributed by atoms with E-state index in [0.717, 1.165) is 16.7 Å². The maximum atomic E-state index is 12.9. The fraction of sp³-hybridized carbons (Fsp3) is 0.0625. The average molecular weight is 392 g/mol. The first-order valence-corrected chi connectivity index (χ1v) is 9.02. The summed E-state index contributed by atoms with van der Waals surface area (Å²) in [7, 11) is -4.07. The van der Waals surface area contributed by atoms with Gasteiger partial charge in [0.1, 0.15) is 11.5 Å². The molecule has 0 atom stereocenters. The predicted octanol–water partition coefficient (Wildman–Crippen LogP) is 0.117. The van der Waals surface area contributed by atoms with E-state index in [-0.39, 0.29) is 17.1 Å². The number of nitrogens with two attached hydrogens (primary N) is 1. The highest BCUT2D eigenvalue weighted by Crippen LogP contribution is 2.13. The summed E-state index contributed by atoms with van der Waals surface area (Å²) in [5.41, 5.74) is -1.01. The average Bonchev–Trinajstić information content (AvgIpc) is 2.63. The summed E-state index contributed by atoms with van der Waals surface area (Å²) in [5.74, 6) is -2.20. The van der Waals surface area contributed by atoms with Crippen molar-refractivity contribution in [2.45, 2.75) is 11.4 Å². The number of benzene rings is 1. The third kappa shape index (κ3) is 3.78. The van der Waals surface area contributed by atoms with Crippen LogP contribution in [0.3, 0.4) is 0 Å². The molecule has 0 spiro atoms. The zero-order valence-corrected chi connectivity index (χ0v) is 14.4. The third-order valence-electron chi connectivity index (χ3n) is 3.68. The number of aromatic hydroxyl groups is 1. The maximum absolute atomic E-state index is 12.9. The molecule has 140 valence electrons. The number of aromatic nitrogens is 2. The van der Waals surface area contributed by atoms with Crippen LogP contribution in [-0.4, -0.2) is 28.8 Å². The number of nitrogens with one attached hydrogen (secondary N) is 1. The minimum absolute atomic E-state index is 0.0178. The van der Waals surface area contributed by atoms with Gasteiger partial charge in [0.2, 0.25) is 15.8 Å². The molecule has 0 aliphatic rings. The summed E-state index contributed by atoms with van der Waals surface area (Å²) in [6.45, 7) is 0.0178. The van der Waals surface area contributed by atoms with Crippen LogP contribution < -0.4 is 16.0 Å². The topological polar surface area (TPSA) is 144 Å². The maximum Gasteiger partial charge on any atom is 0.300 e. The van der Waals surface area contributed by atoms with E-state index in [0.29, 0.717) is 5.56 Å². The number of hydrogen-bond donors (Lipinski definition) is 3. The van der Waals surface area contributed by atoms with Crippen LogP contribution >= 0.6 is 0 Å². The Morgan fingerprint density at radius 1 is 1.22 bits per heavy atom. The van der Waals surface area contributed by atoms with Crippen LogP contribution in [0.1, 0.15) is 16.1 Å². The number of nitrogens with zero attached hydrogens (tertiary/aromatic N) is 2. The minimum Gasteiger partial charge on any atom is -0.501 e. The Labute approximate surface area is 152 Å². The molecule has 0 saturated carbocycles. The molecular formula is C16H13FN4O5S. The van der Waals surface area contributed by atoms with E-state index in [1.54, 1.807) is 0 Å². The van der Waals surface area contributed by atoms with Crippen molar-refractivity contribution < 1.29 is 22.7 Å². The van der Waals surface area contributed by atoms with Gasteiger partial charge in [-0.15, -0.1) is 0 Å². The van der Waals surface area contributed by atoms with Crippen LogP contribution in [0, 0.1) is 5.82 Å². The van der Waals surface area contributed by atoms with Gasteiger partial charge in [-0.05, 0) is 29.8 Å². The van der Waals surface area contributed by atoms with E-state index in [1.165, 1.54) is 30.3 Å². The molecule has 2 heterocycles. The highest BCUT2D eigenvalue weighted by molar-refractivity contribution is 7.89. The fourth-order valence-corrected chi connectivity index (χ4v) is 2.82. The number of hydrogen-bond acceptors (Lipinski definition) is 6. The summed E-state index contributed by atoms with van der Waals surface area (Å²) in [5, 5.41) is 17.5. The van der Waals surface area contributed by atoms with Crippen LogP contribution in [0.25, 0.3) is 5.65 Å². The summed E-state index contributed by atoms with van der Waals surface area (Å²) in [4.78, 5) is 28.1. The highest BCUT2D eigenvalue weighted by Gasteiger charge is 2.19. The van der Waals surface area contributed by atoms with Gasteiger partial charge in [-0.3, -0.25) is 14.0 Å². The number of primary sulfonamides is 1. The smallest absolute Gasteiger partial charge is 0.300 e. The van der Waals surface area contributed by atoms with E-state index in [2.05, 4.69) is 10.3 Å². The molecule has 0 fully saturated rings. The molecular weight excluding hydrogens is 379 g/mol. The highest BCUT2D eigenvalue weighted by atomic mass is 32.2. The third-order valence-corrected chi connectivity index (χ3v) is 4.58. The van der Waals surface area contributed by atoms with Gasteiger partial charge in [-0.2, -0.15) is 0 Å². The summed E-state index contributed by atoms with van der Waals surface area (Å²) in [6.07, 6.45) is 0.903. The Morgan fingerprint density at radius 3 is 2.52 bits per heavy atom. The molecule has 1 aromatic carbocycles. The Bertz CT molecular complexity index is 1210. The number of sulfonamides is 1. The quantitative estimate of drug-likeness (QED) is 0.575. The molecule has 0 saturated heterocycles. The summed E-state index contributed by atoms with van der Waals surface area (Å²) in [6, 6.07) is 7.68. The van der Waals surface area contributed by atoms with Crippen molar-refractivity contribution in [3.63, 3.8) is 0 Å². The molecule has 0 radical (unpaired) electrons. The number of carbonyl (C=O) groups excluding carboxylic acids is 1. The van der Waals surface area contributed by atoms with Crippen molar-refractivity contribution >= 4 is 21.6 Å². The molecule has 3 aromatic rings. The second-order valence-corrected chi connectivity index (χ2v) is 7.12. The molecule has 3 rings (SSSR count). The number of amides is 1. The lowest BCUT2D eigenvalue weighted by atomic mass is 10.2. The Kier molecular flexibility index (Phi) is 4.64. The second-order valence-electron chi connectivity index (χ2n) is 5.56. The van der Waals surface area contributed by atoms with Gasteiger partial charge in [0.25, 0.3) is 5.91 Å². The fourth-order valence-electron chi connectivity index (χ4n) is 2.30. The lowest BCUT2D eigenvalue weighted by Crippen LogP contribution is -2.27. The van der Waals surface area contributed by atoms with Crippen molar-refractivity contribution in [1.82, 2.24) is 14.7 Å². The lowest BCUT2D eigenvalue weighted by molar-refractivity contribution is 0.0942. The number of rotatable bonds is 4. The van der Waals surface area contributed by atoms with E-state index in [4.69, 9.17) is 5.14 Å². The van der Waals surface area contributed by atoms with Gasteiger partial charge in [-0.25, -0.2) is 22.9 Å². The van der Waals surface area contributed by atoms with E-state index in [1.807, 2.05) is 0 Å². The summed E-state index contributed by atoms with van der Waals surface area (Å²) < 4.78 is 36.4. The van der Waals surface area contributed by atoms with Crippen molar-refractivity contribution in [3.8, 4) is 5.75 Å². The first kappa shape index (κ1) is 18.5. The SMILES string of the molecule is NS(=O)(=O)c1ccc2nc(C(=O)NCc3ccc(F)cc3)c(O)c(=O)n2c1. The Morgan fingerprint density at radius 2 is 1.89 bits per heavy atom. The van der Waals surface area contributed by atoms with Gasteiger partial charge in [-0.1, -0.05) is 12.1 Å². The number of carbonyl (C=O) groups is 1. The standard InChI is InChI=1S/C16H13FN4O5S/c17-10-3-1-9(2-4-10)7-19-15(23)13-14(22)16(24)21-8-11(27(18,25)26)5-6-12(21)20-13/h1-6,8,22H,7H2,(H,19,23)(H2,18,25,26). The zero-order valence-electron chi connectivity index (χ0n) is 13.6. The molecule has 0 aliphatic heterocycles. The molecule has 4 N–H and O–H groups in total. The van der Waals surface area contributed by atoms with Crippen LogP contribution in [0.2, 0.25) is 0 Å². The van der Waals surface area contributed by atoms with Crippen molar-refractivity contribution in [3.05, 3.63) is 70.0 Å². The van der Waals surface area contributed by atoms with E-state index < -0.39 is 38.8 Å². The number of fused-ring (bicyclic) bond motifs is 1. The number of pyridine rings is 1. The largest absolute Gasteiger partial charge is 0.501 e. The molecule has 1 amide bonds. The molecule has 11 heteroatoms. The van der Waals surface area contributed by atoms with Crippen molar-refractivity contribution in [1.29, 1.82) is 0 Å². The van der Waals surface area contributed by atoms with Crippen LogP contribution in [0.4, 0.5) is 4.39 Å². The van der Waals surface area contributed by atoms with Gasteiger partial charge >= 0.3 is 5.56 Å². The van der Waals surface area contributed by atoms with Gasteiger partial charge in [0, 0.05) is 12.7 Å². The van der Waals surface area contributed by atoms with Gasteiger partial charge in [0.05, 0.1) is 4.90 Å². The molecule has 27 heavy (non-hydrogen) atoms. The first-order valence-electron chi connectivity index (χ1n) is 7.47. The normalized spacial score (nSPS) is 11.5. The summed E-state index contributed by atoms with van der Waals surface area (Å²) >= 11 is 0. The lowest BCUT2D eigenvalue weighted by Gasteiger charge is -2.09. The number of halogens is 1. The molecule has 0 aliphatic carbocycles.